The normalized spacial score (nSPS) is 19.8. The van der Waals surface area contributed by atoms with Gasteiger partial charge in [-0.05, 0) is 60.0 Å². The molecular formula is C26H25F2N3O. The molecule has 3 aromatic rings. The van der Waals surface area contributed by atoms with Crippen LogP contribution < -0.4 is 15.1 Å². The van der Waals surface area contributed by atoms with Gasteiger partial charge in [-0.3, -0.25) is 4.79 Å². The predicted molar refractivity (Wildman–Crippen MR) is 122 cm³/mol. The van der Waals surface area contributed by atoms with Gasteiger partial charge in [-0.2, -0.15) is 0 Å². The number of hydrogen-bond acceptors (Lipinski definition) is 3. The minimum absolute atomic E-state index is 0.00351. The second-order valence-electron chi connectivity index (χ2n) is 8.47. The van der Waals surface area contributed by atoms with E-state index in [9.17, 15) is 13.6 Å². The minimum Gasteiger partial charge on any atom is -0.368 e. The molecule has 3 aromatic carbocycles. The SMILES string of the molecule is O=C(NCc1cccc(F)c1)[C@H]1Cc2ccccc2N2CCN(c3ccc(F)cc3)C[C@H]12. The van der Waals surface area contributed by atoms with E-state index in [2.05, 4.69) is 27.2 Å². The van der Waals surface area contributed by atoms with Crippen molar-refractivity contribution in [3.05, 3.63) is 95.6 Å². The summed E-state index contributed by atoms with van der Waals surface area (Å²) in [5.41, 5.74) is 4.06. The fourth-order valence-corrected chi connectivity index (χ4v) is 4.91. The summed E-state index contributed by atoms with van der Waals surface area (Å²) in [5, 5.41) is 3.02. The molecule has 164 valence electrons. The van der Waals surface area contributed by atoms with E-state index in [1.165, 1.54) is 35.5 Å². The van der Waals surface area contributed by atoms with E-state index in [1.807, 2.05) is 18.2 Å². The van der Waals surface area contributed by atoms with E-state index in [-0.39, 0.29) is 29.5 Å². The summed E-state index contributed by atoms with van der Waals surface area (Å²) in [4.78, 5) is 17.9. The average Bonchev–Trinajstić information content (AvgIpc) is 2.82. The molecular weight excluding hydrogens is 408 g/mol. The molecule has 1 amide bonds. The molecule has 0 unspecified atom stereocenters. The van der Waals surface area contributed by atoms with Gasteiger partial charge in [0.05, 0.1) is 12.0 Å². The molecule has 0 saturated carbocycles. The number of amides is 1. The number of carbonyl (C=O) groups excluding carboxylic acids is 1. The molecule has 1 fully saturated rings. The molecule has 2 heterocycles. The van der Waals surface area contributed by atoms with Crippen LogP contribution in [-0.2, 0) is 17.8 Å². The second-order valence-corrected chi connectivity index (χ2v) is 8.47. The number of nitrogens with zero attached hydrogens (tertiary/aromatic N) is 2. The molecule has 32 heavy (non-hydrogen) atoms. The van der Waals surface area contributed by atoms with Crippen LogP contribution in [0, 0.1) is 17.6 Å². The molecule has 2 atom stereocenters. The lowest BCUT2D eigenvalue weighted by Gasteiger charge is -2.49. The first kappa shape index (κ1) is 20.5. The smallest absolute Gasteiger partial charge is 0.225 e. The first-order chi connectivity index (χ1) is 15.6. The molecule has 0 aromatic heterocycles. The van der Waals surface area contributed by atoms with Crippen LogP contribution in [0.2, 0.25) is 0 Å². The number of benzene rings is 3. The highest BCUT2D eigenvalue weighted by Gasteiger charge is 2.41. The molecule has 2 aliphatic heterocycles. The minimum atomic E-state index is -0.309. The molecule has 1 N–H and O–H groups in total. The summed E-state index contributed by atoms with van der Waals surface area (Å²) in [7, 11) is 0. The average molecular weight is 434 g/mol. The van der Waals surface area contributed by atoms with Crippen molar-refractivity contribution in [1.29, 1.82) is 0 Å². The van der Waals surface area contributed by atoms with Gasteiger partial charge in [0.25, 0.3) is 0 Å². The maximum absolute atomic E-state index is 13.5. The third kappa shape index (κ3) is 4.05. The molecule has 4 nitrogen and oxygen atoms in total. The zero-order valence-corrected chi connectivity index (χ0v) is 17.7. The van der Waals surface area contributed by atoms with Gasteiger partial charge in [0.15, 0.2) is 0 Å². The molecule has 6 heteroatoms. The number of nitrogens with one attached hydrogen (secondary N) is 1. The fourth-order valence-electron chi connectivity index (χ4n) is 4.91. The first-order valence-electron chi connectivity index (χ1n) is 11.0. The van der Waals surface area contributed by atoms with Crippen molar-refractivity contribution in [3.8, 4) is 0 Å². The van der Waals surface area contributed by atoms with Gasteiger partial charge < -0.3 is 15.1 Å². The van der Waals surface area contributed by atoms with E-state index < -0.39 is 0 Å². The topological polar surface area (TPSA) is 35.6 Å². The Kier molecular flexibility index (Phi) is 5.52. The number of fused-ring (bicyclic) bond motifs is 3. The third-order valence-corrected chi connectivity index (χ3v) is 6.51. The summed E-state index contributed by atoms with van der Waals surface area (Å²) in [5.74, 6) is -0.827. The predicted octanol–water partition coefficient (Wildman–Crippen LogP) is 4.15. The van der Waals surface area contributed by atoms with Crippen molar-refractivity contribution in [2.75, 3.05) is 29.4 Å². The molecule has 0 radical (unpaired) electrons. The van der Waals surface area contributed by atoms with Gasteiger partial charge in [0.1, 0.15) is 11.6 Å². The lowest BCUT2D eigenvalue weighted by atomic mass is 9.83. The maximum Gasteiger partial charge on any atom is 0.225 e. The molecule has 0 aliphatic carbocycles. The van der Waals surface area contributed by atoms with Crippen molar-refractivity contribution in [2.24, 2.45) is 5.92 Å². The van der Waals surface area contributed by atoms with Gasteiger partial charge in [0, 0.05) is 37.6 Å². The van der Waals surface area contributed by atoms with E-state index in [0.29, 0.717) is 19.5 Å². The largest absolute Gasteiger partial charge is 0.368 e. The van der Waals surface area contributed by atoms with Gasteiger partial charge in [-0.15, -0.1) is 0 Å². The highest BCUT2D eigenvalue weighted by Crippen LogP contribution is 2.37. The van der Waals surface area contributed by atoms with Crippen LogP contribution >= 0.6 is 0 Å². The third-order valence-electron chi connectivity index (χ3n) is 6.51. The Labute approximate surface area is 186 Å². The van der Waals surface area contributed by atoms with Crippen LogP contribution in [0.4, 0.5) is 20.2 Å². The van der Waals surface area contributed by atoms with Crippen molar-refractivity contribution in [2.45, 2.75) is 19.0 Å². The quantitative estimate of drug-likeness (QED) is 0.672. The lowest BCUT2D eigenvalue weighted by molar-refractivity contribution is -0.126. The zero-order chi connectivity index (χ0) is 22.1. The van der Waals surface area contributed by atoms with E-state index in [4.69, 9.17) is 0 Å². The first-order valence-corrected chi connectivity index (χ1v) is 11.0. The molecule has 2 aliphatic rings. The Balaban J connectivity index is 1.38. The molecule has 1 saturated heterocycles. The number of halogens is 2. The van der Waals surface area contributed by atoms with E-state index in [1.54, 1.807) is 18.2 Å². The lowest BCUT2D eigenvalue weighted by Crippen LogP contribution is -2.61. The van der Waals surface area contributed by atoms with E-state index >= 15 is 0 Å². The van der Waals surface area contributed by atoms with Gasteiger partial charge in [0.2, 0.25) is 5.91 Å². The van der Waals surface area contributed by atoms with Gasteiger partial charge in [-0.1, -0.05) is 30.3 Å². The fraction of sp³-hybridized carbons (Fsp3) is 0.269. The summed E-state index contributed by atoms with van der Waals surface area (Å²) in [6.45, 7) is 2.56. The Bertz CT molecular complexity index is 1120. The maximum atomic E-state index is 13.5. The van der Waals surface area contributed by atoms with Crippen molar-refractivity contribution < 1.29 is 13.6 Å². The number of rotatable bonds is 4. The molecule has 5 rings (SSSR count). The summed E-state index contributed by atoms with van der Waals surface area (Å²) >= 11 is 0. The van der Waals surface area contributed by atoms with Crippen molar-refractivity contribution >= 4 is 17.3 Å². The van der Waals surface area contributed by atoms with E-state index in [0.717, 1.165) is 24.3 Å². The highest BCUT2D eigenvalue weighted by atomic mass is 19.1. The monoisotopic (exact) mass is 433 g/mol. The Morgan fingerprint density at radius 1 is 0.938 bits per heavy atom. The number of anilines is 2. The molecule has 0 spiro atoms. The van der Waals surface area contributed by atoms with Gasteiger partial charge >= 0.3 is 0 Å². The highest BCUT2D eigenvalue weighted by molar-refractivity contribution is 5.82. The summed E-state index contributed by atoms with van der Waals surface area (Å²) in [6.07, 6.45) is 0.656. The van der Waals surface area contributed by atoms with Crippen LogP contribution in [0.15, 0.2) is 72.8 Å². The van der Waals surface area contributed by atoms with Crippen molar-refractivity contribution in [1.82, 2.24) is 5.32 Å². The number of para-hydroxylation sites is 1. The number of piperazine rings is 1. The Morgan fingerprint density at radius 2 is 1.75 bits per heavy atom. The van der Waals surface area contributed by atoms with Gasteiger partial charge in [-0.25, -0.2) is 8.78 Å². The molecule has 0 bridgehead atoms. The Morgan fingerprint density at radius 3 is 2.56 bits per heavy atom. The zero-order valence-electron chi connectivity index (χ0n) is 17.7. The summed E-state index contributed by atoms with van der Waals surface area (Å²) in [6, 6.07) is 21.1. The Hall–Kier alpha value is -3.41. The second kappa shape index (κ2) is 8.61. The van der Waals surface area contributed by atoms with Crippen molar-refractivity contribution in [3.63, 3.8) is 0 Å². The van der Waals surface area contributed by atoms with Crippen LogP contribution in [0.3, 0.4) is 0 Å². The van der Waals surface area contributed by atoms with Crippen LogP contribution in [-0.4, -0.2) is 31.6 Å². The standard InChI is InChI=1S/C26H25F2N3O/c27-20-8-10-22(11-9-20)30-12-13-31-24-7-2-1-5-19(24)15-23(25(31)17-30)26(32)29-16-18-4-3-6-21(28)14-18/h1-11,14,23,25H,12-13,15-17H2,(H,29,32)/t23-,25+/m0/s1. The number of carbonyl (C=O) groups is 1. The van der Waals surface area contributed by atoms with Crippen LogP contribution in [0.5, 0.6) is 0 Å². The summed E-state index contributed by atoms with van der Waals surface area (Å²) < 4.78 is 26.9. The van der Waals surface area contributed by atoms with Crippen LogP contribution in [0.1, 0.15) is 11.1 Å². The van der Waals surface area contributed by atoms with Crippen LogP contribution in [0.25, 0.3) is 0 Å². The number of hydrogen-bond donors (Lipinski definition) is 1.